The van der Waals surface area contributed by atoms with E-state index in [1.807, 2.05) is 20.8 Å². The zero-order valence-corrected chi connectivity index (χ0v) is 12.8. The number of benzene rings is 1. The van der Waals surface area contributed by atoms with Gasteiger partial charge in [0.05, 0.1) is 11.8 Å². The lowest BCUT2D eigenvalue weighted by Gasteiger charge is -2.22. The molecule has 0 saturated heterocycles. The summed E-state index contributed by atoms with van der Waals surface area (Å²) in [4.78, 5) is 12.0. The zero-order chi connectivity index (χ0) is 15.9. The van der Waals surface area contributed by atoms with Crippen molar-refractivity contribution in [1.29, 1.82) is 0 Å². The fraction of sp³-hybridized carbons (Fsp3) is 0.500. The largest absolute Gasteiger partial charge is 0.389 e. The Hall–Kier alpha value is -2.02. The first-order valence-electron chi connectivity index (χ1n) is 6.64. The Morgan fingerprint density at radius 1 is 1.29 bits per heavy atom. The highest BCUT2D eigenvalue weighted by atomic mass is 19.1. The van der Waals surface area contributed by atoms with E-state index in [0.29, 0.717) is 16.8 Å². The molecule has 114 valence electrons. The number of hydrogen-bond acceptors (Lipinski definition) is 4. The summed E-state index contributed by atoms with van der Waals surface area (Å²) in [5, 5.41) is 17.3. The Labute approximate surface area is 121 Å². The van der Waals surface area contributed by atoms with E-state index in [-0.39, 0.29) is 0 Å². The third-order valence-electron chi connectivity index (χ3n) is 3.32. The lowest BCUT2D eigenvalue weighted by molar-refractivity contribution is 0.198. The van der Waals surface area contributed by atoms with Crippen molar-refractivity contribution in [1.82, 2.24) is 19.8 Å². The van der Waals surface area contributed by atoms with Crippen LogP contribution in [0.15, 0.2) is 16.9 Å². The van der Waals surface area contributed by atoms with Gasteiger partial charge in [0, 0.05) is 12.6 Å². The topological polar surface area (TPSA) is 72.9 Å². The summed E-state index contributed by atoms with van der Waals surface area (Å²) in [6, 6.07) is 2.80. The molecule has 1 aromatic carbocycles. The summed E-state index contributed by atoms with van der Waals surface area (Å²) >= 11 is 0. The molecule has 1 atom stereocenters. The first kappa shape index (κ1) is 15.4. The van der Waals surface area contributed by atoms with Crippen molar-refractivity contribution in [3.8, 4) is 5.69 Å². The van der Waals surface area contributed by atoms with Crippen LogP contribution < -0.4 is 5.69 Å². The summed E-state index contributed by atoms with van der Waals surface area (Å²) in [6.07, 6.45) is -0.933. The molecule has 0 bridgehead atoms. The number of halogens is 1. The van der Waals surface area contributed by atoms with Crippen molar-refractivity contribution in [2.75, 3.05) is 0 Å². The van der Waals surface area contributed by atoms with Crippen LogP contribution in [0.2, 0.25) is 0 Å². The SMILES string of the molecule is CC(O)c1cc(F)c(C(C)(C)C)cc1-n1nnn(C)c1=O. The molecule has 1 unspecified atom stereocenters. The second kappa shape index (κ2) is 5.07. The lowest BCUT2D eigenvalue weighted by Crippen LogP contribution is -2.24. The third-order valence-corrected chi connectivity index (χ3v) is 3.32. The summed E-state index contributed by atoms with van der Waals surface area (Å²) < 4.78 is 16.4. The van der Waals surface area contributed by atoms with Crippen LogP contribution in [0.4, 0.5) is 4.39 Å². The Balaban J connectivity index is 2.79. The molecule has 0 aliphatic heterocycles. The maximum atomic E-state index is 14.3. The van der Waals surface area contributed by atoms with Gasteiger partial charge in [-0.2, -0.15) is 9.36 Å². The van der Waals surface area contributed by atoms with Crippen LogP contribution in [0.3, 0.4) is 0 Å². The summed E-state index contributed by atoms with van der Waals surface area (Å²) in [6.45, 7) is 7.13. The molecular formula is C14H19FN4O2. The number of tetrazole rings is 1. The summed E-state index contributed by atoms with van der Waals surface area (Å²) in [5.41, 5.74) is 0.183. The Morgan fingerprint density at radius 3 is 2.33 bits per heavy atom. The number of nitrogens with zero attached hydrogens (tertiary/aromatic N) is 4. The molecule has 0 spiro atoms. The van der Waals surface area contributed by atoms with Crippen molar-refractivity contribution in [3.63, 3.8) is 0 Å². The van der Waals surface area contributed by atoms with E-state index in [9.17, 15) is 14.3 Å². The molecule has 1 heterocycles. The Bertz CT molecular complexity index is 726. The fourth-order valence-corrected chi connectivity index (χ4v) is 2.13. The van der Waals surface area contributed by atoms with Crippen LogP contribution in [0.5, 0.6) is 0 Å². The first-order chi connectivity index (χ1) is 9.62. The maximum absolute atomic E-state index is 14.3. The maximum Gasteiger partial charge on any atom is 0.368 e. The summed E-state index contributed by atoms with van der Waals surface area (Å²) in [5.74, 6) is -0.418. The first-order valence-corrected chi connectivity index (χ1v) is 6.64. The molecular weight excluding hydrogens is 275 g/mol. The van der Waals surface area contributed by atoms with Gasteiger partial charge in [0.25, 0.3) is 0 Å². The van der Waals surface area contributed by atoms with Crippen molar-refractivity contribution >= 4 is 0 Å². The Morgan fingerprint density at radius 2 is 1.90 bits per heavy atom. The van der Waals surface area contributed by atoms with Crippen molar-refractivity contribution in [3.05, 3.63) is 39.6 Å². The molecule has 0 aliphatic rings. The van der Waals surface area contributed by atoms with Gasteiger partial charge in [-0.25, -0.2) is 9.18 Å². The standard InChI is InChI=1S/C14H19FN4O2/c1-8(20)9-6-11(15)10(14(2,3)4)7-12(9)19-13(21)18(5)16-17-19/h6-8,20H,1-5H3. The fourth-order valence-electron chi connectivity index (χ4n) is 2.13. The molecule has 2 rings (SSSR count). The number of rotatable bonds is 2. The molecule has 21 heavy (non-hydrogen) atoms. The molecule has 0 radical (unpaired) electrons. The van der Waals surface area contributed by atoms with Gasteiger partial charge in [-0.1, -0.05) is 20.8 Å². The van der Waals surface area contributed by atoms with E-state index in [4.69, 9.17) is 0 Å². The van der Waals surface area contributed by atoms with Gasteiger partial charge in [-0.05, 0) is 40.5 Å². The normalized spacial score (nSPS) is 13.5. The minimum Gasteiger partial charge on any atom is -0.389 e. The molecule has 0 aliphatic carbocycles. The zero-order valence-electron chi connectivity index (χ0n) is 12.8. The van der Waals surface area contributed by atoms with E-state index >= 15 is 0 Å². The van der Waals surface area contributed by atoms with E-state index in [1.165, 1.54) is 20.0 Å². The van der Waals surface area contributed by atoms with E-state index in [1.54, 1.807) is 6.07 Å². The highest BCUT2D eigenvalue weighted by Gasteiger charge is 2.24. The second-order valence-electron chi connectivity index (χ2n) is 6.11. The van der Waals surface area contributed by atoms with Crippen molar-refractivity contribution < 1.29 is 9.50 Å². The number of aliphatic hydroxyl groups is 1. The van der Waals surface area contributed by atoms with Crippen LogP contribution in [-0.2, 0) is 12.5 Å². The molecule has 0 saturated carbocycles. The van der Waals surface area contributed by atoms with Crippen LogP contribution in [-0.4, -0.2) is 24.9 Å². The van der Waals surface area contributed by atoms with Gasteiger partial charge in [0.15, 0.2) is 0 Å². The van der Waals surface area contributed by atoms with Gasteiger partial charge in [-0.3, -0.25) is 0 Å². The monoisotopic (exact) mass is 294 g/mol. The van der Waals surface area contributed by atoms with Crippen LogP contribution in [0.1, 0.15) is 44.9 Å². The minimum atomic E-state index is -0.933. The predicted octanol–water partition coefficient (Wildman–Crippen LogP) is 1.46. The smallest absolute Gasteiger partial charge is 0.368 e. The van der Waals surface area contributed by atoms with E-state index in [2.05, 4.69) is 10.4 Å². The quantitative estimate of drug-likeness (QED) is 0.910. The highest BCUT2D eigenvalue weighted by Crippen LogP contribution is 2.31. The Kier molecular flexibility index (Phi) is 3.71. The number of aryl methyl sites for hydroxylation is 1. The average Bonchev–Trinajstić information content (AvgIpc) is 2.68. The number of hydrogen-bond donors (Lipinski definition) is 1. The predicted molar refractivity (Wildman–Crippen MR) is 75.9 cm³/mol. The van der Waals surface area contributed by atoms with Gasteiger partial charge < -0.3 is 5.11 Å². The number of aromatic nitrogens is 4. The third kappa shape index (κ3) is 2.73. The molecule has 1 aromatic heterocycles. The van der Waals surface area contributed by atoms with Gasteiger partial charge in [0.1, 0.15) is 5.82 Å². The van der Waals surface area contributed by atoms with Gasteiger partial charge >= 0.3 is 5.69 Å². The summed E-state index contributed by atoms with van der Waals surface area (Å²) in [7, 11) is 1.47. The van der Waals surface area contributed by atoms with Gasteiger partial charge in [-0.15, -0.1) is 0 Å². The van der Waals surface area contributed by atoms with Gasteiger partial charge in [0.2, 0.25) is 0 Å². The molecule has 7 heteroatoms. The van der Waals surface area contributed by atoms with Crippen molar-refractivity contribution in [2.24, 2.45) is 7.05 Å². The van der Waals surface area contributed by atoms with E-state index in [0.717, 1.165) is 9.36 Å². The molecule has 0 fully saturated rings. The second-order valence-corrected chi connectivity index (χ2v) is 6.11. The van der Waals surface area contributed by atoms with Crippen LogP contribution >= 0.6 is 0 Å². The molecule has 0 amide bonds. The molecule has 2 aromatic rings. The van der Waals surface area contributed by atoms with Crippen LogP contribution in [0.25, 0.3) is 5.69 Å². The minimum absolute atomic E-state index is 0.295. The highest BCUT2D eigenvalue weighted by molar-refractivity contribution is 5.46. The lowest BCUT2D eigenvalue weighted by atomic mass is 9.85. The average molecular weight is 294 g/mol. The number of aliphatic hydroxyl groups excluding tert-OH is 1. The van der Waals surface area contributed by atoms with Crippen LogP contribution in [0, 0.1) is 5.82 Å². The van der Waals surface area contributed by atoms with E-state index < -0.39 is 23.0 Å². The molecule has 6 nitrogen and oxygen atoms in total. The molecule has 1 N–H and O–H groups in total. The van der Waals surface area contributed by atoms with Crippen molar-refractivity contribution in [2.45, 2.75) is 39.2 Å².